The molecule has 1 aromatic heterocycles. The molecule has 0 bridgehead atoms. The lowest BCUT2D eigenvalue weighted by atomic mass is 9.95. The van der Waals surface area contributed by atoms with Crippen LogP contribution in [0.5, 0.6) is 5.75 Å². The fraction of sp³-hybridized carbons (Fsp3) is 0.250. The van der Waals surface area contributed by atoms with Gasteiger partial charge in [-0.1, -0.05) is 54.6 Å². The number of nitrogens with zero attached hydrogens (tertiary/aromatic N) is 4. The van der Waals surface area contributed by atoms with Crippen LogP contribution in [0.25, 0.3) is 10.8 Å². The minimum atomic E-state index is -0.758. The van der Waals surface area contributed by atoms with Gasteiger partial charge in [0.1, 0.15) is 17.5 Å². The van der Waals surface area contributed by atoms with Crippen LogP contribution < -0.4 is 20.7 Å². The van der Waals surface area contributed by atoms with Crippen molar-refractivity contribution < 1.29 is 9.53 Å². The van der Waals surface area contributed by atoms with Gasteiger partial charge in [-0.15, -0.1) is 5.10 Å². The fourth-order valence-corrected chi connectivity index (χ4v) is 5.45. The van der Waals surface area contributed by atoms with E-state index in [1.807, 2.05) is 78.3 Å². The van der Waals surface area contributed by atoms with Gasteiger partial charge in [-0.05, 0) is 85.0 Å². The Morgan fingerprint density at radius 1 is 0.902 bits per heavy atom. The Balaban J connectivity index is 1.39. The van der Waals surface area contributed by atoms with Crippen LogP contribution in [0.15, 0.2) is 84.9 Å². The number of rotatable bonds is 6. The lowest BCUT2D eigenvalue weighted by Gasteiger charge is -2.38. The third-order valence-corrected chi connectivity index (χ3v) is 7.53. The Morgan fingerprint density at radius 2 is 1.61 bits per heavy atom. The zero-order valence-electron chi connectivity index (χ0n) is 23.8. The molecule has 0 saturated carbocycles. The number of methoxy groups -OCH3 is 1. The fourth-order valence-electron chi connectivity index (χ4n) is 5.45. The number of carbonyl (C=O) groups is 1. The first-order valence-electron chi connectivity index (χ1n) is 13.6. The minimum Gasteiger partial charge on any atom is -0.496 e. The molecule has 0 spiro atoms. The molecule has 1 amide bonds. The van der Waals surface area contributed by atoms with Crippen molar-refractivity contribution in [2.45, 2.75) is 44.9 Å². The monoisotopic (exact) mass is 547 g/mol. The van der Waals surface area contributed by atoms with Crippen LogP contribution in [-0.4, -0.2) is 33.2 Å². The molecule has 9 heteroatoms. The topological polar surface area (TPSA) is 106 Å². The summed E-state index contributed by atoms with van der Waals surface area (Å²) in [7, 11) is 1.68. The molecule has 3 N–H and O–H groups in total. The highest BCUT2D eigenvalue weighted by Gasteiger charge is 2.35. The van der Waals surface area contributed by atoms with Crippen LogP contribution in [0.4, 0.5) is 11.4 Å². The molecular formula is C32H33N7O2. The standard InChI is InChI=1S/C32H33N7O2/c1-31(2,3)39-29(36-37-38-39)28(24-18-19-27(41-5)23-11-7-6-10-22(23)24)33-21-16-14-20(15-17-21)32(4)34-26-13-9-8-12-25(26)30(40)35-32/h6-19,28,33-34H,1-5H3,(H,35,40). The van der Waals surface area contributed by atoms with Gasteiger partial charge < -0.3 is 20.7 Å². The third kappa shape index (κ3) is 4.73. The summed E-state index contributed by atoms with van der Waals surface area (Å²) in [6.45, 7) is 8.20. The van der Waals surface area contributed by atoms with Crippen molar-refractivity contribution in [2.75, 3.05) is 17.7 Å². The predicted octanol–water partition coefficient (Wildman–Crippen LogP) is 5.82. The highest BCUT2D eigenvalue weighted by Crippen LogP contribution is 2.37. The Labute approximate surface area is 238 Å². The number of para-hydroxylation sites is 1. The number of benzene rings is 4. The Kier molecular flexibility index (Phi) is 6.37. The van der Waals surface area contributed by atoms with Gasteiger partial charge in [-0.3, -0.25) is 4.79 Å². The van der Waals surface area contributed by atoms with Gasteiger partial charge in [0.25, 0.3) is 5.91 Å². The lowest BCUT2D eigenvalue weighted by molar-refractivity contribution is 0.0906. The summed E-state index contributed by atoms with van der Waals surface area (Å²) in [6.07, 6.45) is 0. The number of tetrazole rings is 1. The molecule has 4 aromatic carbocycles. The number of fused-ring (bicyclic) bond motifs is 2. The SMILES string of the molecule is COc1ccc(C(Nc2ccc(C3(C)NC(=O)c4ccccc4N3)cc2)c2nnnn2C(C)(C)C)c2ccccc12. The van der Waals surface area contributed by atoms with Gasteiger partial charge in [-0.2, -0.15) is 0 Å². The van der Waals surface area contributed by atoms with Crippen LogP contribution in [-0.2, 0) is 11.2 Å². The van der Waals surface area contributed by atoms with Crippen molar-refractivity contribution in [1.29, 1.82) is 0 Å². The summed E-state index contributed by atoms with van der Waals surface area (Å²) in [5.74, 6) is 1.39. The van der Waals surface area contributed by atoms with Crippen molar-refractivity contribution in [3.05, 3.63) is 107 Å². The van der Waals surface area contributed by atoms with Gasteiger partial charge in [0.2, 0.25) is 0 Å². The van der Waals surface area contributed by atoms with E-state index in [4.69, 9.17) is 4.74 Å². The molecule has 0 fully saturated rings. The van der Waals surface area contributed by atoms with E-state index < -0.39 is 5.66 Å². The van der Waals surface area contributed by atoms with E-state index in [0.717, 1.165) is 39.0 Å². The molecule has 6 rings (SSSR count). The van der Waals surface area contributed by atoms with Crippen molar-refractivity contribution in [3.8, 4) is 5.75 Å². The summed E-state index contributed by atoms with van der Waals surface area (Å²) in [6, 6.07) is 27.4. The summed E-state index contributed by atoms with van der Waals surface area (Å²) in [4.78, 5) is 12.8. The molecule has 1 aliphatic heterocycles. The van der Waals surface area contributed by atoms with Gasteiger partial charge in [0, 0.05) is 16.8 Å². The second kappa shape index (κ2) is 9.92. The van der Waals surface area contributed by atoms with Gasteiger partial charge in [0.05, 0.1) is 18.2 Å². The highest BCUT2D eigenvalue weighted by molar-refractivity contribution is 6.02. The van der Waals surface area contributed by atoms with Crippen LogP contribution in [0.2, 0.25) is 0 Å². The van der Waals surface area contributed by atoms with E-state index in [9.17, 15) is 4.79 Å². The van der Waals surface area contributed by atoms with E-state index >= 15 is 0 Å². The predicted molar refractivity (Wildman–Crippen MR) is 160 cm³/mol. The molecule has 208 valence electrons. The average Bonchev–Trinajstić information content (AvgIpc) is 3.47. The third-order valence-electron chi connectivity index (χ3n) is 7.53. The number of hydrogen-bond acceptors (Lipinski definition) is 7. The molecule has 1 aliphatic rings. The number of anilines is 2. The zero-order chi connectivity index (χ0) is 28.8. The van der Waals surface area contributed by atoms with Crippen LogP contribution in [0, 0.1) is 0 Å². The number of aromatic nitrogens is 4. The molecule has 41 heavy (non-hydrogen) atoms. The van der Waals surface area contributed by atoms with E-state index in [-0.39, 0.29) is 17.5 Å². The van der Waals surface area contributed by atoms with Gasteiger partial charge >= 0.3 is 0 Å². The molecule has 0 saturated heterocycles. The Morgan fingerprint density at radius 3 is 2.34 bits per heavy atom. The molecular weight excluding hydrogens is 514 g/mol. The number of amides is 1. The van der Waals surface area contributed by atoms with Gasteiger partial charge in [0.15, 0.2) is 5.82 Å². The minimum absolute atomic E-state index is 0.107. The number of nitrogens with one attached hydrogen (secondary N) is 3. The van der Waals surface area contributed by atoms with Crippen LogP contribution in [0.1, 0.15) is 61.0 Å². The summed E-state index contributed by atoms with van der Waals surface area (Å²) in [5, 5.41) is 25.2. The zero-order valence-corrected chi connectivity index (χ0v) is 23.8. The summed E-state index contributed by atoms with van der Waals surface area (Å²) < 4.78 is 7.52. The highest BCUT2D eigenvalue weighted by atomic mass is 16.5. The maximum absolute atomic E-state index is 12.8. The molecule has 2 heterocycles. The Bertz CT molecular complexity index is 1740. The maximum atomic E-state index is 12.8. The smallest absolute Gasteiger partial charge is 0.255 e. The molecule has 5 aromatic rings. The first-order valence-corrected chi connectivity index (χ1v) is 13.6. The molecule has 2 atom stereocenters. The average molecular weight is 548 g/mol. The number of ether oxygens (including phenoxy) is 1. The summed E-state index contributed by atoms with van der Waals surface area (Å²) >= 11 is 0. The maximum Gasteiger partial charge on any atom is 0.255 e. The van der Waals surface area contributed by atoms with Crippen molar-refractivity contribution >= 4 is 28.1 Å². The van der Waals surface area contributed by atoms with E-state index in [1.54, 1.807) is 7.11 Å². The second-order valence-corrected chi connectivity index (χ2v) is 11.4. The second-order valence-electron chi connectivity index (χ2n) is 11.4. The molecule has 0 aliphatic carbocycles. The quantitative estimate of drug-likeness (QED) is 0.246. The van der Waals surface area contributed by atoms with E-state index in [0.29, 0.717) is 11.4 Å². The van der Waals surface area contributed by atoms with Gasteiger partial charge in [-0.25, -0.2) is 4.68 Å². The molecule has 9 nitrogen and oxygen atoms in total. The van der Waals surface area contributed by atoms with E-state index in [1.165, 1.54) is 0 Å². The first kappa shape index (κ1) is 26.3. The van der Waals surface area contributed by atoms with Crippen LogP contribution in [0.3, 0.4) is 0 Å². The lowest BCUT2D eigenvalue weighted by Crippen LogP contribution is -2.52. The molecule has 2 unspecified atom stereocenters. The number of hydrogen-bond donors (Lipinski definition) is 3. The molecule has 0 radical (unpaired) electrons. The largest absolute Gasteiger partial charge is 0.496 e. The first-order chi connectivity index (χ1) is 19.7. The van der Waals surface area contributed by atoms with E-state index in [2.05, 4.69) is 70.4 Å². The number of carbonyl (C=O) groups excluding carboxylic acids is 1. The van der Waals surface area contributed by atoms with Crippen LogP contribution >= 0.6 is 0 Å². The van der Waals surface area contributed by atoms with Crippen molar-refractivity contribution in [2.24, 2.45) is 0 Å². The summed E-state index contributed by atoms with van der Waals surface area (Å²) in [5.41, 5.74) is 3.18. The normalized spacial score (nSPS) is 17.3. The Hall–Kier alpha value is -4.92. The van der Waals surface area contributed by atoms with Crippen molar-refractivity contribution in [3.63, 3.8) is 0 Å². The van der Waals surface area contributed by atoms with Crippen molar-refractivity contribution in [1.82, 2.24) is 25.5 Å².